The number of carbonyl (C=O) groups is 2. The van der Waals surface area contributed by atoms with Crippen LogP contribution >= 0.6 is 0 Å². The normalized spacial score (nSPS) is 16.9. The van der Waals surface area contributed by atoms with Crippen molar-refractivity contribution in [1.29, 1.82) is 0 Å². The van der Waals surface area contributed by atoms with Crippen molar-refractivity contribution >= 4 is 11.9 Å². The molecule has 0 aromatic heterocycles. The zero-order valence-corrected chi connectivity index (χ0v) is 7.51. The molecule has 0 atom stereocenters. The molecule has 74 valence electrons. The van der Waals surface area contributed by atoms with Crippen molar-refractivity contribution in [3.8, 4) is 0 Å². The quantitative estimate of drug-likeness (QED) is 0.564. The minimum atomic E-state index is -0.665. The summed E-state index contributed by atoms with van der Waals surface area (Å²) in [5.41, 5.74) is 4.82. The Balaban J connectivity index is 2.13. The second-order valence-corrected chi connectivity index (χ2v) is 3.27. The van der Waals surface area contributed by atoms with Crippen LogP contribution in [0.4, 0.5) is 4.79 Å². The average Bonchev–Trinajstić information content (AvgIpc) is 2.53. The molecule has 1 aliphatic rings. The molecule has 1 fully saturated rings. The van der Waals surface area contributed by atoms with Gasteiger partial charge < -0.3 is 16.4 Å². The number of urea groups is 1. The van der Waals surface area contributed by atoms with E-state index in [1.165, 1.54) is 12.8 Å². The molecule has 0 aliphatic heterocycles. The van der Waals surface area contributed by atoms with Crippen LogP contribution in [0.1, 0.15) is 25.7 Å². The fourth-order valence-electron chi connectivity index (χ4n) is 1.52. The van der Waals surface area contributed by atoms with Gasteiger partial charge in [0, 0.05) is 6.04 Å². The Morgan fingerprint density at radius 1 is 1.31 bits per heavy atom. The van der Waals surface area contributed by atoms with E-state index in [0.717, 1.165) is 12.8 Å². The van der Waals surface area contributed by atoms with Gasteiger partial charge in [-0.25, -0.2) is 4.79 Å². The van der Waals surface area contributed by atoms with Crippen molar-refractivity contribution in [2.24, 2.45) is 5.73 Å². The molecule has 5 heteroatoms. The number of hydrogen-bond donors (Lipinski definition) is 3. The van der Waals surface area contributed by atoms with Gasteiger partial charge in [-0.1, -0.05) is 12.8 Å². The van der Waals surface area contributed by atoms with Gasteiger partial charge in [-0.3, -0.25) is 4.79 Å². The van der Waals surface area contributed by atoms with Crippen LogP contribution in [-0.4, -0.2) is 24.5 Å². The van der Waals surface area contributed by atoms with Crippen molar-refractivity contribution in [2.75, 3.05) is 6.54 Å². The number of rotatable bonds is 3. The number of hydrogen-bond acceptors (Lipinski definition) is 2. The second-order valence-electron chi connectivity index (χ2n) is 3.27. The molecule has 13 heavy (non-hydrogen) atoms. The molecule has 0 heterocycles. The van der Waals surface area contributed by atoms with Crippen LogP contribution < -0.4 is 16.4 Å². The molecule has 0 aromatic carbocycles. The van der Waals surface area contributed by atoms with E-state index < -0.39 is 6.03 Å². The highest BCUT2D eigenvalue weighted by Crippen LogP contribution is 2.17. The molecule has 5 nitrogen and oxygen atoms in total. The van der Waals surface area contributed by atoms with Gasteiger partial charge in [0.1, 0.15) is 0 Å². The van der Waals surface area contributed by atoms with Crippen LogP contribution in [0.3, 0.4) is 0 Å². The fourth-order valence-corrected chi connectivity index (χ4v) is 1.52. The molecule has 1 saturated carbocycles. The number of primary amides is 1. The standard InChI is InChI=1S/C8H15N3O2/c9-8(13)10-5-7(12)11-6-3-1-2-4-6/h6H,1-5H2,(H,11,12)(H3,9,10,13). The van der Waals surface area contributed by atoms with Crippen LogP contribution in [0.2, 0.25) is 0 Å². The predicted octanol–water partition coefficient (Wildman–Crippen LogP) is -0.287. The summed E-state index contributed by atoms with van der Waals surface area (Å²) in [4.78, 5) is 21.4. The van der Waals surface area contributed by atoms with Crippen molar-refractivity contribution in [1.82, 2.24) is 10.6 Å². The summed E-state index contributed by atoms with van der Waals surface area (Å²) in [6.45, 7) is -0.0220. The van der Waals surface area contributed by atoms with Crippen LogP contribution in [0.25, 0.3) is 0 Å². The molecule has 0 bridgehead atoms. The number of carbonyl (C=O) groups excluding carboxylic acids is 2. The highest BCUT2D eigenvalue weighted by Gasteiger charge is 2.16. The molecule has 0 aromatic rings. The third kappa shape index (κ3) is 3.78. The lowest BCUT2D eigenvalue weighted by molar-refractivity contribution is -0.120. The third-order valence-electron chi connectivity index (χ3n) is 2.14. The summed E-state index contributed by atoms with van der Waals surface area (Å²) in [5, 5.41) is 5.07. The van der Waals surface area contributed by atoms with Gasteiger partial charge in [-0.05, 0) is 12.8 Å². The van der Waals surface area contributed by atoms with Crippen LogP contribution in [0.15, 0.2) is 0 Å². The topological polar surface area (TPSA) is 84.2 Å². The summed E-state index contributed by atoms with van der Waals surface area (Å²) in [7, 11) is 0. The highest BCUT2D eigenvalue weighted by molar-refractivity contribution is 5.83. The number of nitrogens with one attached hydrogen (secondary N) is 2. The molecule has 0 unspecified atom stereocenters. The van der Waals surface area contributed by atoms with E-state index in [0.29, 0.717) is 6.04 Å². The number of nitrogens with two attached hydrogens (primary N) is 1. The van der Waals surface area contributed by atoms with E-state index in [4.69, 9.17) is 5.73 Å². The van der Waals surface area contributed by atoms with Crippen molar-refractivity contribution in [3.05, 3.63) is 0 Å². The molecular formula is C8H15N3O2. The van der Waals surface area contributed by atoms with E-state index >= 15 is 0 Å². The van der Waals surface area contributed by atoms with Gasteiger partial charge in [0.15, 0.2) is 0 Å². The van der Waals surface area contributed by atoms with Gasteiger partial charge in [0.25, 0.3) is 0 Å². The van der Waals surface area contributed by atoms with Gasteiger partial charge in [-0.15, -0.1) is 0 Å². The fraction of sp³-hybridized carbons (Fsp3) is 0.750. The van der Waals surface area contributed by atoms with Gasteiger partial charge >= 0.3 is 6.03 Å². The molecule has 0 spiro atoms. The van der Waals surface area contributed by atoms with E-state index in [9.17, 15) is 9.59 Å². The zero-order valence-electron chi connectivity index (χ0n) is 7.51. The predicted molar refractivity (Wildman–Crippen MR) is 48.0 cm³/mol. The Kier molecular flexibility index (Phi) is 3.54. The smallest absolute Gasteiger partial charge is 0.312 e. The maximum absolute atomic E-state index is 11.1. The summed E-state index contributed by atoms with van der Waals surface area (Å²) >= 11 is 0. The molecular weight excluding hydrogens is 170 g/mol. The summed E-state index contributed by atoms with van der Waals surface area (Å²) in [6, 6.07) is -0.372. The first-order valence-electron chi connectivity index (χ1n) is 4.51. The van der Waals surface area contributed by atoms with Crippen molar-refractivity contribution < 1.29 is 9.59 Å². The Morgan fingerprint density at radius 2 is 1.92 bits per heavy atom. The van der Waals surface area contributed by atoms with E-state index in [-0.39, 0.29) is 12.5 Å². The maximum Gasteiger partial charge on any atom is 0.312 e. The van der Waals surface area contributed by atoms with E-state index in [1.54, 1.807) is 0 Å². The Labute approximate surface area is 77.1 Å². The monoisotopic (exact) mass is 185 g/mol. The summed E-state index contributed by atoms with van der Waals surface area (Å²) in [6.07, 6.45) is 4.44. The Morgan fingerprint density at radius 3 is 2.46 bits per heavy atom. The van der Waals surface area contributed by atoms with Crippen molar-refractivity contribution in [3.63, 3.8) is 0 Å². The third-order valence-corrected chi connectivity index (χ3v) is 2.14. The minimum Gasteiger partial charge on any atom is -0.352 e. The lowest BCUT2D eigenvalue weighted by Gasteiger charge is -2.11. The first kappa shape index (κ1) is 9.83. The van der Waals surface area contributed by atoms with Crippen LogP contribution in [-0.2, 0) is 4.79 Å². The first-order valence-corrected chi connectivity index (χ1v) is 4.51. The summed E-state index contributed by atoms with van der Waals surface area (Å²) in [5.74, 6) is -0.161. The van der Waals surface area contributed by atoms with E-state index in [1.807, 2.05) is 0 Å². The molecule has 3 amide bonds. The van der Waals surface area contributed by atoms with Crippen molar-refractivity contribution in [2.45, 2.75) is 31.7 Å². The highest BCUT2D eigenvalue weighted by atomic mass is 16.2. The zero-order chi connectivity index (χ0) is 9.68. The maximum atomic E-state index is 11.1. The first-order chi connectivity index (χ1) is 6.18. The summed E-state index contributed by atoms with van der Waals surface area (Å²) < 4.78 is 0. The van der Waals surface area contributed by atoms with E-state index in [2.05, 4.69) is 10.6 Å². The molecule has 4 N–H and O–H groups in total. The molecule has 0 radical (unpaired) electrons. The van der Waals surface area contributed by atoms with Gasteiger partial charge in [0.05, 0.1) is 6.54 Å². The molecule has 1 rings (SSSR count). The molecule has 0 saturated heterocycles. The minimum absolute atomic E-state index is 0.0220. The average molecular weight is 185 g/mol. The Bertz CT molecular complexity index is 200. The largest absolute Gasteiger partial charge is 0.352 e. The Hall–Kier alpha value is -1.26. The second kappa shape index (κ2) is 4.69. The SMILES string of the molecule is NC(=O)NCC(=O)NC1CCCC1. The van der Waals surface area contributed by atoms with Crippen LogP contribution in [0.5, 0.6) is 0 Å². The lowest BCUT2D eigenvalue weighted by atomic mass is 10.2. The van der Waals surface area contributed by atoms with Crippen LogP contribution in [0, 0.1) is 0 Å². The number of amides is 3. The lowest BCUT2D eigenvalue weighted by Crippen LogP contribution is -2.42. The van der Waals surface area contributed by atoms with Gasteiger partial charge in [0.2, 0.25) is 5.91 Å². The van der Waals surface area contributed by atoms with Gasteiger partial charge in [-0.2, -0.15) is 0 Å². The molecule has 1 aliphatic carbocycles.